The first-order valence-electron chi connectivity index (χ1n) is 14.3. The van der Waals surface area contributed by atoms with Crippen LogP contribution < -0.4 is 16.1 Å². The maximum atomic E-state index is 13.5. The first kappa shape index (κ1) is 32.7. The number of hydrogen-bond donors (Lipinski definition) is 3. The van der Waals surface area contributed by atoms with Crippen molar-refractivity contribution in [2.24, 2.45) is 5.41 Å². The first-order chi connectivity index (χ1) is 20.7. The van der Waals surface area contributed by atoms with Gasteiger partial charge in [0.1, 0.15) is 23.9 Å². The lowest BCUT2D eigenvalue weighted by Crippen LogP contribution is -2.61. The van der Waals surface area contributed by atoms with Crippen molar-refractivity contribution in [2.45, 2.75) is 72.3 Å². The van der Waals surface area contributed by atoms with Crippen LogP contribution in [0.5, 0.6) is 0 Å². The fourth-order valence-corrected chi connectivity index (χ4v) is 4.74. The molecule has 1 saturated heterocycles. The van der Waals surface area contributed by atoms with Crippen LogP contribution in [-0.4, -0.2) is 65.5 Å². The molecule has 1 aromatic heterocycles. The van der Waals surface area contributed by atoms with E-state index in [-0.39, 0.29) is 12.2 Å². The van der Waals surface area contributed by atoms with Gasteiger partial charge in [-0.3, -0.25) is 24.2 Å². The number of nitrogens with zero attached hydrogens (tertiary/aromatic N) is 2. The second-order valence-electron chi connectivity index (χ2n) is 11.6. The number of hydrazine groups is 1. The summed E-state index contributed by atoms with van der Waals surface area (Å²) in [6, 6.07) is 6.78. The number of fused-ring (bicyclic) bond motifs is 4. The van der Waals surface area contributed by atoms with E-state index in [4.69, 9.17) is 4.74 Å². The summed E-state index contributed by atoms with van der Waals surface area (Å²) in [6.07, 6.45) is 3.48. The van der Waals surface area contributed by atoms with E-state index < -0.39 is 60.5 Å². The van der Waals surface area contributed by atoms with Crippen LogP contribution in [0.1, 0.15) is 64.8 Å². The van der Waals surface area contributed by atoms with Crippen molar-refractivity contribution in [3.05, 3.63) is 58.9 Å². The molecule has 3 N–H and O–H groups in total. The molecule has 2 aromatic rings. The van der Waals surface area contributed by atoms with Crippen molar-refractivity contribution in [2.75, 3.05) is 13.2 Å². The van der Waals surface area contributed by atoms with Gasteiger partial charge in [-0.05, 0) is 70.7 Å². The number of allylic oxidation sites excluding steroid dienone is 1. The van der Waals surface area contributed by atoms with Gasteiger partial charge in [-0.15, -0.1) is 0 Å². The molecule has 44 heavy (non-hydrogen) atoms. The van der Waals surface area contributed by atoms with E-state index in [1.807, 2.05) is 24.3 Å². The minimum Gasteiger partial charge on any atom is -0.455 e. The Balaban J connectivity index is 1.74. The maximum Gasteiger partial charge on any atom is 0.345 e. The molecule has 5 bridgehead atoms. The Morgan fingerprint density at radius 1 is 1.16 bits per heavy atom. The molecule has 1 fully saturated rings. The number of carbonyl (C=O) groups is 4. The predicted molar refractivity (Wildman–Crippen MR) is 157 cm³/mol. The number of aromatic nitrogens is 1. The quantitative estimate of drug-likeness (QED) is 0.353. The summed E-state index contributed by atoms with van der Waals surface area (Å²) < 4.78 is 36.1. The molecule has 13 heteroatoms. The maximum absolute atomic E-state index is 13.5. The molecule has 2 aliphatic heterocycles. The van der Waals surface area contributed by atoms with Crippen LogP contribution in [0.25, 0.3) is 17.0 Å². The lowest BCUT2D eigenvalue weighted by Gasteiger charge is -2.35. The normalized spacial score (nSPS) is 24.1. The van der Waals surface area contributed by atoms with Crippen LogP contribution in [0.3, 0.4) is 0 Å². The smallest absolute Gasteiger partial charge is 0.345 e. The molecule has 3 amide bonds. The van der Waals surface area contributed by atoms with E-state index in [1.165, 1.54) is 0 Å². The standard InChI is InChI=1S/C31H37F2N5O6/c1-17(2)25-26(39)35-24(16-43-30(32)33)27(40)38-14-6-7-22(37-38)28(41)44-18(3)21-11-10-20-9-8-19(15-23(20)34-21)12-13-31(4,5)29(42)36-25/h8-13,15,18,22,24,30,37H,6-7,14,16H2,1-5H3,(H,35,39)(H,36,42)/b13-12+/t18-,22+,24+/m1/s1. The van der Waals surface area contributed by atoms with Crippen LogP contribution in [0, 0.1) is 5.41 Å². The fourth-order valence-electron chi connectivity index (χ4n) is 4.74. The number of rotatable bonds is 3. The van der Waals surface area contributed by atoms with Crippen molar-refractivity contribution < 1.29 is 37.4 Å². The van der Waals surface area contributed by atoms with Crippen LogP contribution in [0.2, 0.25) is 0 Å². The second-order valence-corrected chi connectivity index (χ2v) is 11.6. The highest BCUT2D eigenvalue weighted by atomic mass is 19.3. The minimum atomic E-state index is -3.20. The van der Waals surface area contributed by atoms with E-state index in [9.17, 15) is 28.0 Å². The number of carbonyl (C=O) groups excluding carboxylic acids is 4. The molecule has 3 atom stereocenters. The molecule has 0 unspecified atom stereocenters. The van der Waals surface area contributed by atoms with E-state index in [2.05, 4.69) is 25.8 Å². The molecule has 236 valence electrons. The number of hydrogen-bond acceptors (Lipinski definition) is 8. The van der Waals surface area contributed by atoms with Gasteiger partial charge in [0.25, 0.3) is 11.8 Å². The highest BCUT2D eigenvalue weighted by Crippen LogP contribution is 2.25. The van der Waals surface area contributed by atoms with Gasteiger partial charge in [-0.1, -0.05) is 30.4 Å². The van der Waals surface area contributed by atoms with Crippen LogP contribution in [0.4, 0.5) is 8.78 Å². The number of nitrogens with one attached hydrogen (secondary N) is 3. The molecular formula is C31H37F2N5O6. The van der Waals surface area contributed by atoms with Gasteiger partial charge in [0.15, 0.2) is 0 Å². The van der Waals surface area contributed by atoms with Gasteiger partial charge in [-0.25, -0.2) is 10.4 Å². The highest BCUT2D eigenvalue weighted by Gasteiger charge is 2.35. The van der Waals surface area contributed by atoms with Gasteiger partial charge in [-0.2, -0.15) is 8.78 Å². The van der Waals surface area contributed by atoms with Crippen LogP contribution >= 0.6 is 0 Å². The second kappa shape index (κ2) is 13.6. The number of benzene rings is 1. The summed E-state index contributed by atoms with van der Waals surface area (Å²) in [7, 11) is 0. The van der Waals surface area contributed by atoms with Gasteiger partial charge in [0.2, 0.25) is 5.91 Å². The zero-order valence-electron chi connectivity index (χ0n) is 25.3. The molecule has 0 aliphatic carbocycles. The molecular weight excluding hydrogens is 576 g/mol. The predicted octanol–water partition coefficient (Wildman–Crippen LogP) is 3.52. The molecule has 1 aromatic carbocycles. The Labute approximate surface area is 254 Å². The number of halogens is 2. The van der Waals surface area contributed by atoms with Gasteiger partial charge in [0, 0.05) is 11.9 Å². The summed E-state index contributed by atoms with van der Waals surface area (Å²) in [4.78, 5) is 58.0. The van der Waals surface area contributed by atoms with E-state index in [0.29, 0.717) is 29.6 Å². The Kier molecular flexibility index (Phi) is 10.1. The topological polar surface area (TPSA) is 139 Å². The number of amides is 3. The van der Waals surface area contributed by atoms with E-state index >= 15 is 0 Å². The zero-order chi connectivity index (χ0) is 32.2. The average Bonchev–Trinajstić information content (AvgIpc) is 2.99. The number of pyridine rings is 1. The summed E-state index contributed by atoms with van der Waals surface area (Å²) in [6.45, 7) is 4.29. The summed E-state index contributed by atoms with van der Waals surface area (Å²) in [5.41, 5.74) is 3.94. The SMILES string of the molecule is CC(C)=C1NC(=O)C(C)(C)/C=C/c2ccc3ccc(nc3c2)[C@@H](C)OC(=O)[C@@H]2CCCN(N2)C(=O)[C@H](COC(F)F)NC1=O. The average molecular weight is 614 g/mol. The van der Waals surface area contributed by atoms with Crippen molar-refractivity contribution >= 4 is 40.7 Å². The molecule has 4 rings (SSSR count). The third-order valence-electron chi connectivity index (χ3n) is 7.42. The number of cyclic esters (lactones) is 1. The molecule has 11 nitrogen and oxygen atoms in total. The van der Waals surface area contributed by atoms with E-state index in [1.54, 1.807) is 52.8 Å². The monoisotopic (exact) mass is 613 g/mol. The lowest BCUT2D eigenvalue weighted by atomic mass is 9.90. The van der Waals surface area contributed by atoms with Crippen molar-refractivity contribution in [3.63, 3.8) is 0 Å². The van der Waals surface area contributed by atoms with Gasteiger partial charge in [0.05, 0.1) is 23.2 Å². The Hall–Kier alpha value is -4.23. The summed E-state index contributed by atoms with van der Waals surface area (Å²) >= 11 is 0. The Morgan fingerprint density at radius 2 is 1.89 bits per heavy atom. The van der Waals surface area contributed by atoms with Crippen molar-refractivity contribution in [1.82, 2.24) is 26.1 Å². The van der Waals surface area contributed by atoms with Gasteiger partial charge < -0.3 is 20.1 Å². The minimum absolute atomic E-state index is 0.137. The largest absolute Gasteiger partial charge is 0.455 e. The van der Waals surface area contributed by atoms with Crippen molar-refractivity contribution in [1.29, 1.82) is 0 Å². The molecule has 0 saturated carbocycles. The number of ether oxygens (including phenoxy) is 2. The number of alkyl halides is 2. The molecule has 0 spiro atoms. The van der Waals surface area contributed by atoms with Crippen LogP contribution in [0.15, 0.2) is 47.7 Å². The summed E-state index contributed by atoms with van der Waals surface area (Å²) in [5, 5.41) is 7.00. The lowest BCUT2D eigenvalue weighted by molar-refractivity contribution is -0.160. The van der Waals surface area contributed by atoms with Gasteiger partial charge >= 0.3 is 12.6 Å². The molecule has 0 radical (unpaired) electrons. The third-order valence-corrected chi connectivity index (χ3v) is 7.42. The van der Waals surface area contributed by atoms with Crippen molar-refractivity contribution in [3.8, 4) is 0 Å². The first-order valence-corrected chi connectivity index (χ1v) is 14.3. The summed E-state index contributed by atoms with van der Waals surface area (Å²) in [5.74, 6) is -2.80. The number of esters is 1. The third kappa shape index (κ3) is 7.83. The fraction of sp³-hybridized carbons (Fsp3) is 0.452. The Morgan fingerprint density at radius 3 is 2.59 bits per heavy atom. The highest BCUT2D eigenvalue weighted by molar-refractivity contribution is 6.01. The Bertz CT molecular complexity index is 1500. The van der Waals surface area contributed by atoms with Crippen LogP contribution in [-0.2, 0) is 28.7 Å². The zero-order valence-corrected chi connectivity index (χ0v) is 25.3. The molecule has 2 aliphatic rings. The van der Waals surface area contributed by atoms with E-state index in [0.717, 1.165) is 16.0 Å². The molecule has 3 heterocycles.